The number of carboxylic acid groups (broad SMARTS) is 1. The van der Waals surface area contributed by atoms with Gasteiger partial charge >= 0.3 is 5.97 Å². The average Bonchev–Trinajstić information content (AvgIpc) is 2.91. The molecule has 0 spiro atoms. The first-order chi connectivity index (χ1) is 7.44. The summed E-state index contributed by atoms with van der Waals surface area (Å²) in [4.78, 5) is 10.7. The molecule has 0 radical (unpaired) electrons. The molecular formula is C12H13FO3. The van der Waals surface area contributed by atoms with Crippen molar-refractivity contribution in [2.45, 2.75) is 31.6 Å². The number of aryl methyl sites for hydroxylation is 1. The van der Waals surface area contributed by atoms with E-state index >= 15 is 0 Å². The fraction of sp³-hybridized carbons (Fsp3) is 0.417. The maximum absolute atomic E-state index is 13.9. The number of phenols is 1. The topological polar surface area (TPSA) is 57.5 Å². The van der Waals surface area contributed by atoms with Crippen LogP contribution in [0.3, 0.4) is 0 Å². The van der Waals surface area contributed by atoms with Crippen molar-refractivity contribution in [3.63, 3.8) is 0 Å². The molecule has 0 unspecified atom stereocenters. The van der Waals surface area contributed by atoms with E-state index in [1.54, 1.807) is 6.92 Å². The fourth-order valence-electron chi connectivity index (χ4n) is 2.12. The largest absolute Gasteiger partial charge is 0.508 e. The zero-order valence-electron chi connectivity index (χ0n) is 8.96. The van der Waals surface area contributed by atoms with Gasteiger partial charge in [-0.3, -0.25) is 4.79 Å². The van der Waals surface area contributed by atoms with Crippen LogP contribution in [0, 0.1) is 12.7 Å². The summed E-state index contributed by atoms with van der Waals surface area (Å²) in [7, 11) is 0. The quantitative estimate of drug-likeness (QED) is 0.828. The van der Waals surface area contributed by atoms with E-state index in [1.807, 2.05) is 0 Å². The number of hydrogen-bond donors (Lipinski definition) is 2. The van der Waals surface area contributed by atoms with Crippen LogP contribution in [0.15, 0.2) is 12.1 Å². The predicted molar refractivity (Wildman–Crippen MR) is 56.0 cm³/mol. The van der Waals surface area contributed by atoms with Gasteiger partial charge in [-0.05, 0) is 43.0 Å². The van der Waals surface area contributed by atoms with Crippen molar-refractivity contribution in [2.24, 2.45) is 0 Å². The molecule has 1 aromatic carbocycles. The molecule has 1 aromatic rings. The highest BCUT2D eigenvalue weighted by atomic mass is 19.1. The number of benzene rings is 1. The fourth-order valence-corrected chi connectivity index (χ4v) is 2.12. The first kappa shape index (κ1) is 10.9. The van der Waals surface area contributed by atoms with Crippen molar-refractivity contribution in [3.05, 3.63) is 29.1 Å². The lowest BCUT2D eigenvalue weighted by Gasteiger charge is -2.15. The lowest BCUT2D eigenvalue weighted by molar-refractivity contribution is -0.137. The summed E-state index contributed by atoms with van der Waals surface area (Å²) in [6.45, 7) is 1.56. The monoisotopic (exact) mass is 224 g/mol. The number of rotatable bonds is 3. The third-order valence-corrected chi connectivity index (χ3v) is 3.15. The van der Waals surface area contributed by atoms with E-state index < -0.39 is 17.2 Å². The number of halogens is 1. The number of phenolic OH excluding ortho intramolecular Hbond substituents is 1. The van der Waals surface area contributed by atoms with E-state index in [-0.39, 0.29) is 12.2 Å². The van der Waals surface area contributed by atoms with Crippen molar-refractivity contribution in [1.82, 2.24) is 0 Å². The first-order valence-electron chi connectivity index (χ1n) is 5.16. The summed E-state index contributed by atoms with van der Waals surface area (Å²) in [5.74, 6) is -1.33. The van der Waals surface area contributed by atoms with Crippen LogP contribution in [0.1, 0.15) is 30.4 Å². The average molecular weight is 224 g/mol. The molecule has 4 heteroatoms. The Kier molecular flexibility index (Phi) is 2.37. The van der Waals surface area contributed by atoms with Gasteiger partial charge in [-0.1, -0.05) is 0 Å². The molecule has 1 fully saturated rings. The molecule has 0 aromatic heterocycles. The normalized spacial score (nSPS) is 17.1. The van der Waals surface area contributed by atoms with E-state index in [1.165, 1.54) is 12.1 Å². The van der Waals surface area contributed by atoms with Gasteiger partial charge in [0.05, 0.1) is 6.42 Å². The Morgan fingerprint density at radius 3 is 2.62 bits per heavy atom. The molecule has 0 atom stereocenters. The van der Waals surface area contributed by atoms with Crippen LogP contribution in [-0.2, 0) is 10.2 Å². The predicted octanol–water partition coefficient (Wildman–Crippen LogP) is 2.35. The van der Waals surface area contributed by atoms with Crippen LogP contribution in [0.5, 0.6) is 5.75 Å². The summed E-state index contributed by atoms with van der Waals surface area (Å²) in [6.07, 6.45) is 1.25. The van der Waals surface area contributed by atoms with Gasteiger partial charge in [-0.2, -0.15) is 0 Å². The minimum Gasteiger partial charge on any atom is -0.508 e. The van der Waals surface area contributed by atoms with E-state index in [0.29, 0.717) is 24.0 Å². The Morgan fingerprint density at radius 2 is 2.12 bits per heavy atom. The van der Waals surface area contributed by atoms with Crippen LogP contribution in [0.25, 0.3) is 0 Å². The summed E-state index contributed by atoms with van der Waals surface area (Å²) < 4.78 is 13.9. The summed E-state index contributed by atoms with van der Waals surface area (Å²) in [5, 5.41) is 18.2. The second kappa shape index (κ2) is 3.47. The third kappa shape index (κ3) is 1.75. The van der Waals surface area contributed by atoms with Gasteiger partial charge in [-0.25, -0.2) is 4.39 Å². The molecule has 86 valence electrons. The molecule has 0 amide bonds. The van der Waals surface area contributed by atoms with Gasteiger partial charge in [0.15, 0.2) is 0 Å². The SMILES string of the molecule is Cc1cc(O)cc(C2(CC(=O)O)CC2)c1F. The van der Waals surface area contributed by atoms with E-state index in [0.717, 1.165) is 0 Å². The Hall–Kier alpha value is -1.58. The molecular weight excluding hydrogens is 211 g/mol. The zero-order valence-corrected chi connectivity index (χ0v) is 8.96. The Labute approximate surface area is 92.5 Å². The second-order valence-electron chi connectivity index (χ2n) is 4.48. The standard InChI is InChI=1S/C12H13FO3/c1-7-4-8(14)5-9(11(7)13)12(2-3-12)6-10(15)16/h4-5,14H,2-3,6H2,1H3,(H,15,16). The Bertz CT molecular complexity index is 450. The molecule has 3 nitrogen and oxygen atoms in total. The van der Waals surface area contributed by atoms with Crippen LogP contribution in [0.2, 0.25) is 0 Å². The van der Waals surface area contributed by atoms with E-state index in [2.05, 4.69) is 0 Å². The molecule has 0 heterocycles. The number of hydrogen-bond acceptors (Lipinski definition) is 2. The van der Waals surface area contributed by atoms with Gasteiger partial charge in [0.2, 0.25) is 0 Å². The third-order valence-electron chi connectivity index (χ3n) is 3.15. The van der Waals surface area contributed by atoms with Crippen LogP contribution in [0.4, 0.5) is 4.39 Å². The first-order valence-corrected chi connectivity index (χ1v) is 5.16. The Balaban J connectivity index is 2.44. The molecule has 0 bridgehead atoms. The maximum Gasteiger partial charge on any atom is 0.304 e. The van der Waals surface area contributed by atoms with Crippen molar-refractivity contribution in [2.75, 3.05) is 0 Å². The zero-order chi connectivity index (χ0) is 11.9. The molecule has 1 saturated carbocycles. The van der Waals surface area contributed by atoms with Crippen LogP contribution in [-0.4, -0.2) is 16.2 Å². The number of aliphatic carboxylic acids is 1. The van der Waals surface area contributed by atoms with Gasteiger partial charge in [0.25, 0.3) is 0 Å². The summed E-state index contributed by atoms with van der Waals surface area (Å²) in [5.41, 5.74) is 0.0958. The van der Waals surface area contributed by atoms with Crippen molar-refractivity contribution >= 4 is 5.97 Å². The van der Waals surface area contributed by atoms with Crippen LogP contribution < -0.4 is 0 Å². The lowest BCUT2D eigenvalue weighted by Crippen LogP contribution is -2.15. The van der Waals surface area contributed by atoms with Crippen LogP contribution >= 0.6 is 0 Å². The number of aromatic hydroxyl groups is 1. The summed E-state index contributed by atoms with van der Waals surface area (Å²) >= 11 is 0. The smallest absolute Gasteiger partial charge is 0.304 e. The second-order valence-corrected chi connectivity index (χ2v) is 4.48. The minimum atomic E-state index is -0.933. The molecule has 0 aliphatic heterocycles. The maximum atomic E-state index is 13.9. The number of carbonyl (C=O) groups is 1. The highest BCUT2D eigenvalue weighted by Gasteiger charge is 2.48. The lowest BCUT2D eigenvalue weighted by atomic mass is 9.90. The number of carboxylic acids is 1. The molecule has 1 aliphatic rings. The Morgan fingerprint density at radius 1 is 1.50 bits per heavy atom. The van der Waals surface area contributed by atoms with Crippen molar-refractivity contribution < 1.29 is 19.4 Å². The van der Waals surface area contributed by atoms with Gasteiger partial charge in [0, 0.05) is 5.41 Å². The van der Waals surface area contributed by atoms with E-state index in [4.69, 9.17) is 5.11 Å². The highest BCUT2D eigenvalue weighted by Crippen LogP contribution is 2.52. The van der Waals surface area contributed by atoms with Crippen molar-refractivity contribution in [3.8, 4) is 5.75 Å². The van der Waals surface area contributed by atoms with Gasteiger partial charge in [-0.15, -0.1) is 0 Å². The van der Waals surface area contributed by atoms with Gasteiger partial charge < -0.3 is 10.2 Å². The highest BCUT2D eigenvalue weighted by molar-refractivity contribution is 5.70. The van der Waals surface area contributed by atoms with Crippen molar-refractivity contribution in [1.29, 1.82) is 0 Å². The molecule has 0 saturated heterocycles. The molecule has 16 heavy (non-hydrogen) atoms. The molecule has 2 N–H and O–H groups in total. The molecule has 2 rings (SSSR count). The summed E-state index contributed by atoms with van der Waals surface area (Å²) in [6, 6.07) is 2.69. The minimum absolute atomic E-state index is 0.00874. The molecule has 1 aliphatic carbocycles. The van der Waals surface area contributed by atoms with Gasteiger partial charge in [0.1, 0.15) is 11.6 Å². The van der Waals surface area contributed by atoms with E-state index in [9.17, 15) is 14.3 Å².